The molecule has 154 valence electrons. The monoisotopic (exact) mass is 422 g/mol. The zero-order valence-corrected chi connectivity index (χ0v) is 17.8. The zero-order valence-electron chi connectivity index (χ0n) is 17.0. The van der Waals surface area contributed by atoms with E-state index in [4.69, 9.17) is 9.15 Å². The Morgan fingerprint density at radius 1 is 1.20 bits per heavy atom. The van der Waals surface area contributed by atoms with E-state index in [2.05, 4.69) is 11.4 Å². The summed E-state index contributed by atoms with van der Waals surface area (Å²) in [5.41, 5.74) is 2.38. The Bertz CT molecular complexity index is 1060. The molecule has 2 heterocycles. The second kappa shape index (κ2) is 9.51. The number of ketones is 1. The Labute approximate surface area is 179 Å². The Hall–Kier alpha value is -3.24. The molecule has 1 N–H and O–H groups in total. The molecule has 1 aliphatic rings. The summed E-state index contributed by atoms with van der Waals surface area (Å²) in [4.78, 5) is 24.5. The van der Waals surface area contributed by atoms with E-state index < -0.39 is 5.92 Å². The largest absolute Gasteiger partial charge is 0.465 e. The lowest BCUT2D eigenvalue weighted by molar-refractivity contribution is -0.141. The zero-order chi connectivity index (χ0) is 21.7. The molecule has 0 saturated heterocycles. The number of dihydropyridines is 1. The summed E-state index contributed by atoms with van der Waals surface area (Å²) >= 11 is 1.18. The Morgan fingerprint density at radius 2 is 1.93 bits per heavy atom. The highest BCUT2D eigenvalue weighted by atomic mass is 32.2. The lowest BCUT2D eigenvalue weighted by Gasteiger charge is -2.27. The average molecular weight is 423 g/mol. The topological polar surface area (TPSA) is 92.3 Å². The molecule has 0 fully saturated rings. The number of carbonyl (C=O) groups excluding carboxylic acids is 2. The van der Waals surface area contributed by atoms with Gasteiger partial charge in [-0.15, -0.1) is 0 Å². The quantitative estimate of drug-likeness (QED) is 0.663. The minimum atomic E-state index is -0.606. The second-order valence-electron chi connectivity index (χ2n) is 6.89. The molecular formula is C23H22N2O4S. The first kappa shape index (κ1) is 21.5. The summed E-state index contributed by atoms with van der Waals surface area (Å²) in [5.74, 6) is 0.121. The molecule has 1 aromatic heterocycles. The van der Waals surface area contributed by atoms with Gasteiger partial charge in [-0.1, -0.05) is 42.1 Å². The number of nitrogens with zero attached hydrogens (tertiary/aromatic N) is 1. The second-order valence-corrected chi connectivity index (χ2v) is 7.88. The van der Waals surface area contributed by atoms with E-state index in [9.17, 15) is 14.9 Å². The molecule has 0 aliphatic carbocycles. The minimum absolute atomic E-state index is 0.0347. The number of thioether (sulfide) groups is 1. The molecule has 30 heavy (non-hydrogen) atoms. The summed E-state index contributed by atoms with van der Waals surface area (Å²) < 4.78 is 11.1. The number of allylic oxidation sites excluding steroid dienone is 3. The molecule has 0 spiro atoms. The van der Waals surface area contributed by atoms with Crippen LogP contribution in [0, 0.1) is 18.3 Å². The predicted octanol–water partition coefficient (Wildman–Crippen LogP) is 4.35. The summed E-state index contributed by atoms with van der Waals surface area (Å²) in [6.45, 7) is 5.25. The molecule has 6 nitrogen and oxygen atoms in total. The summed E-state index contributed by atoms with van der Waals surface area (Å²) in [6, 6.07) is 15.2. The normalized spacial score (nSPS) is 16.1. The van der Waals surface area contributed by atoms with Crippen LogP contribution in [0.1, 0.15) is 36.8 Å². The highest BCUT2D eigenvalue weighted by Crippen LogP contribution is 2.41. The standard InChI is InChI=1S/C23H22N2O4S/c1-14-9-10-19(29-14)22-18(11-24)23(25-15(2)21(22)16(3)26)30-13-20(27)28-12-17-7-5-4-6-8-17/h4-10,22,25H,12-13H2,1-3H3. The minimum Gasteiger partial charge on any atom is -0.465 e. The van der Waals surface area contributed by atoms with Gasteiger partial charge in [0.1, 0.15) is 18.1 Å². The Kier molecular flexibility index (Phi) is 6.80. The number of hydrogen-bond donors (Lipinski definition) is 1. The van der Waals surface area contributed by atoms with E-state index in [0.29, 0.717) is 33.4 Å². The van der Waals surface area contributed by atoms with Crippen molar-refractivity contribution in [3.05, 3.63) is 81.4 Å². The molecule has 7 heteroatoms. The Morgan fingerprint density at radius 3 is 2.53 bits per heavy atom. The Balaban J connectivity index is 1.78. The number of benzene rings is 1. The van der Waals surface area contributed by atoms with Crippen LogP contribution in [-0.2, 0) is 20.9 Å². The van der Waals surface area contributed by atoms with Gasteiger partial charge in [-0.3, -0.25) is 9.59 Å². The van der Waals surface area contributed by atoms with Gasteiger partial charge < -0.3 is 14.5 Å². The van der Waals surface area contributed by atoms with E-state index in [-0.39, 0.29) is 24.1 Å². The van der Waals surface area contributed by atoms with Gasteiger partial charge in [0.15, 0.2) is 5.78 Å². The molecule has 2 aromatic rings. The van der Waals surface area contributed by atoms with Crippen LogP contribution in [0.4, 0.5) is 0 Å². The van der Waals surface area contributed by atoms with Crippen molar-refractivity contribution in [2.45, 2.75) is 33.3 Å². The average Bonchev–Trinajstić information content (AvgIpc) is 3.16. The fraction of sp³-hybridized carbons (Fsp3) is 0.261. The number of ether oxygens (including phenoxy) is 1. The van der Waals surface area contributed by atoms with Crippen LogP contribution in [0.5, 0.6) is 0 Å². The number of carbonyl (C=O) groups is 2. The number of furan rings is 1. The smallest absolute Gasteiger partial charge is 0.316 e. The maximum absolute atomic E-state index is 12.3. The molecule has 1 aliphatic heterocycles. The molecular weight excluding hydrogens is 400 g/mol. The van der Waals surface area contributed by atoms with Gasteiger partial charge in [-0.25, -0.2) is 0 Å². The summed E-state index contributed by atoms with van der Waals surface area (Å²) in [5, 5.41) is 13.5. The van der Waals surface area contributed by atoms with Crippen LogP contribution in [0.15, 0.2) is 68.8 Å². The van der Waals surface area contributed by atoms with E-state index in [1.165, 1.54) is 18.7 Å². The molecule has 3 rings (SSSR count). The van der Waals surface area contributed by atoms with Crippen molar-refractivity contribution in [1.82, 2.24) is 5.32 Å². The molecule has 0 saturated carbocycles. The molecule has 0 radical (unpaired) electrons. The number of nitrogens with one attached hydrogen (secondary N) is 1. The number of nitriles is 1. The third kappa shape index (κ3) is 4.84. The third-order valence-electron chi connectivity index (χ3n) is 4.65. The van der Waals surface area contributed by atoms with Gasteiger partial charge in [0.05, 0.1) is 28.3 Å². The van der Waals surface area contributed by atoms with Crippen molar-refractivity contribution in [2.75, 3.05) is 5.75 Å². The van der Waals surface area contributed by atoms with Crippen molar-refractivity contribution in [2.24, 2.45) is 0 Å². The van der Waals surface area contributed by atoms with Gasteiger partial charge in [-0.2, -0.15) is 5.26 Å². The molecule has 1 unspecified atom stereocenters. The van der Waals surface area contributed by atoms with Crippen molar-refractivity contribution in [1.29, 1.82) is 5.26 Å². The molecule has 0 bridgehead atoms. The SMILES string of the molecule is CC(=O)C1=C(C)NC(SCC(=O)OCc2ccccc2)=C(C#N)C1c1ccc(C)o1. The number of Topliss-reactive ketones (excluding diaryl/α,β-unsaturated/α-hetero) is 1. The van der Waals surface area contributed by atoms with Crippen LogP contribution >= 0.6 is 11.8 Å². The summed E-state index contributed by atoms with van der Waals surface area (Å²) in [6.07, 6.45) is 0. The summed E-state index contributed by atoms with van der Waals surface area (Å²) in [7, 11) is 0. The number of aryl methyl sites for hydroxylation is 1. The van der Waals surface area contributed by atoms with Gasteiger partial charge in [0.2, 0.25) is 0 Å². The van der Waals surface area contributed by atoms with Gasteiger partial charge in [0, 0.05) is 11.3 Å². The molecule has 0 amide bonds. The van der Waals surface area contributed by atoms with Crippen molar-refractivity contribution in [3.63, 3.8) is 0 Å². The van der Waals surface area contributed by atoms with Crippen molar-refractivity contribution < 1.29 is 18.7 Å². The lowest BCUT2D eigenvalue weighted by Crippen LogP contribution is -2.27. The van der Waals surface area contributed by atoms with Crippen molar-refractivity contribution in [3.8, 4) is 6.07 Å². The van der Waals surface area contributed by atoms with E-state index in [1.54, 1.807) is 19.1 Å². The van der Waals surface area contributed by atoms with Gasteiger partial charge >= 0.3 is 5.97 Å². The highest BCUT2D eigenvalue weighted by Gasteiger charge is 2.35. The first-order valence-corrected chi connectivity index (χ1v) is 10.4. The molecule has 1 atom stereocenters. The highest BCUT2D eigenvalue weighted by molar-refractivity contribution is 8.03. The van der Waals surface area contributed by atoms with Gasteiger partial charge in [-0.05, 0) is 38.5 Å². The first-order chi connectivity index (χ1) is 14.4. The van der Waals surface area contributed by atoms with Crippen LogP contribution < -0.4 is 5.32 Å². The maximum atomic E-state index is 12.3. The van der Waals surface area contributed by atoms with Crippen LogP contribution in [0.3, 0.4) is 0 Å². The lowest BCUT2D eigenvalue weighted by atomic mass is 9.84. The third-order valence-corrected chi connectivity index (χ3v) is 5.64. The van der Waals surface area contributed by atoms with E-state index >= 15 is 0 Å². The van der Waals surface area contributed by atoms with Crippen LogP contribution in [-0.4, -0.2) is 17.5 Å². The van der Waals surface area contributed by atoms with Crippen LogP contribution in [0.2, 0.25) is 0 Å². The maximum Gasteiger partial charge on any atom is 0.316 e. The van der Waals surface area contributed by atoms with E-state index in [1.807, 2.05) is 37.3 Å². The molecule has 1 aromatic carbocycles. The van der Waals surface area contributed by atoms with Crippen molar-refractivity contribution >= 4 is 23.5 Å². The van der Waals surface area contributed by atoms with Crippen LogP contribution in [0.25, 0.3) is 0 Å². The number of rotatable bonds is 7. The predicted molar refractivity (Wildman–Crippen MR) is 114 cm³/mol. The number of esters is 1. The first-order valence-electron chi connectivity index (χ1n) is 9.42. The fourth-order valence-electron chi connectivity index (χ4n) is 3.30. The van der Waals surface area contributed by atoms with E-state index in [0.717, 1.165) is 5.56 Å². The fourth-order valence-corrected chi connectivity index (χ4v) is 4.19. The van der Waals surface area contributed by atoms with Gasteiger partial charge in [0.25, 0.3) is 0 Å². The number of hydrogen-bond acceptors (Lipinski definition) is 7.